The highest BCUT2D eigenvalue weighted by Crippen LogP contribution is 2.38. The summed E-state index contributed by atoms with van der Waals surface area (Å²) >= 11 is 5.97. The second-order valence-corrected chi connectivity index (χ2v) is 5.54. The summed E-state index contributed by atoms with van der Waals surface area (Å²) in [5, 5.41) is 0.674. The lowest BCUT2D eigenvalue weighted by atomic mass is 10.0. The smallest absolute Gasteiger partial charge is 0.317 e. The lowest BCUT2D eigenvalue weighted by Crippen LogP contribution is -2.38. The zero-order valence-corrected chi connectivity index (χ0v) is 10.6. The van der Waals surface area contributed by atoms with Gasteiger partial charge in [0.15, 0.2) is 0 Å². The number of hydrogen-bond acceptors (Lipinski definition) is 1. The van der Waals surface area contributed by atoms with E-state index in [2.05, 4.69) is 6.92 Å². The van der Waals surface area contributed by atoms with E-state index < -0.39 is 0 Å². The maximum atomic E-state index is 12.3. The predicted molar refractivity (Wildman–Crippen MR) is 68.5 cm³/mol. The number of fused-ring (bicyclic) bond motifs is 1. The molecule has 90 valence electrons. The van der Waals surface area contributed by atoms with Crippen LogP contribution >= 0.6 is 11.6 Å². The van der Waals surface area contributed by atoms with Crippen LogP contribution in [0.1, 0.15) is 19.8 Å². The van der Waals surface area contributed by atoms with Crippen molar-refractivity contribution in [2.24, 2.45) is 0 Å². The number of amides is 2. The highest BCUT2D eigenvalue weighted by molar-refractivity contribution is 6.30. The number of anilines is 1. The summed E-state index contributed by atoms with van der Waals surface area (Å²) in [6, 6.07) is 7.62. The predicted octanol–water partition coefficient (Wildman–Crippen LogP) is 3.13. The maximum absolute atomic E-state index is 12.3. The van der Waals surface area contributed by atoms with E-state index in [-0.39, 0.29) is 11.6 Å². The van der Waals surface area contributed by atoms with E-state index in [1.54, 1.807) is 0 Å². The highest BCUT2D eigenvalue weighted by atomic mass is 35.5. The SMILES string of the molecule is CC12CCCN1C(=O)N(c1cccc(Cl)c1)C2. The molecule has 3 rings (SSSR count). The van der Waals surface area contributed by atoms with Crippen LogP contribution in [0.15, 0.2) is 24.3 Å². The number of benzene rings is 1. The van der Waals surface area contributed by atoms with Crippen LogP contribution < -0.4 is 4.90 Å². The van der Waals surface area contributed by atoms with Gasteiger partial charge in [-0.3, -0.25) is 4.90 Å². The van der Waals surface area contributed by atoms with Crippen molar-refractivity contribution in [3.05, 3.63) is 29.3 Å². The molecule has 17 heavy (non-hydrogen) atoms. The van der Waals surface area contributed by atoms with Gasteiger partial charge in [0.25, 0.3) is 0 Å². The molecule has 2 saturated heterocycles. The average Bonchev–Trinajstić information content (AvgIpc) is 2.77. The fraction of sp³-hybridized carbons (Fsp3) is 0.462. The molecule has 0 spiro atoms. The maximum Gasteiger partial charge on any atom is 0.325 e. The molecule has 1 atom stereocenters. The molecule has 2 aliphatic rings. The molecule has 2 amide bonds. The van der Waals surface area contributed by atoms with Gasteiger partial charge < -0.3 is 4.90 Å². The van der Waals surface area contributed by atoms with Crippen molar-refractivity contribution >= 4 is 23.3 Å². The molecular formula is C13H15ClN2O. The first-order valence-corrected chi connectivity index (χ1v) is 6.33. The Balaban J connectivity index is 1.94. The van der Waals surface area contributed by atoms with Crippen molar-refractivity contribution in [3.8, 4) is 0 Å². The Kier molecular flexibility index (Phi) is 2.33. The van der Waals surface area contributed by atoms with E-state index in [4.69, 9.17) is 11.6 Å². The molecule has 0 aromatic heterocycles. The lowest BCUT2D eigenvalue weighted by Gasteiger charge is -2.24. The van der Waals surface area contributed by atoms with Gasteiger partial charge in [0, 0.05) is 17.3 Å². The number of carbonyl (C=O) groups excluding carboxylic acids is 1. The second kappa shape index (κ2) is 3.64. The summed E-state index contributed by atoms with van der Waals surface area (Å²) in [6.07, 6.45) is 2.21. The summed E-state index contributed by atoms with van der Waals surface area (Å²) < 4.78 is 0. The molecule has 2 fully saturated rings. The third-order valence-corrected chi connectivity index (χ3v) is 4.06. The van der Waals surface area contributed by atoms with Crippen LogP contribution in [-0.4, -0.2) is 29.6 Å². The first kappa shape index (κ1) is 10.9. The first-order valence-electron chi connectivity index (χ1n) is 5.95. The van der Waals surface area contributed by atoms with Crippen LogP contribution in [0, 0.1) is 0 Å². The summed E-state index contributed by atoms with van der Waals surface area (Å²) in [5.74, 6) is 0. The molecule has 4 heteroatoms. The Morgan fingerprint density at radius 2 is 2.24 bits per heavy atom. The van der Waals surface area contributed by atoms with E-state index in [0.29, 0.717) is 5.02 Å². The van der Waals surface area contributed by atoms with Gasteiger partial charge in [-0.2, -0.15) is 0 Å². The zero-order valence-electron chi connectivity index (χ0n) is 9.82. The number of nitrogens with zero attached hydrogens (tertiary/aromatic N) is 2. The normalized spacial score (nSPS) is 27.8. The molecule has 0 saturated carbocycles. The van der Waals surface area contributed by atoms with Gasteiger partial charge in [0.1, 0.15) is 0 Å². The largest absolute Gasteiger partial charge is 0.325 e. The standard InChI is InChI=1S/C13H15ClN2O/c1-13-6-3-7-16(13)12(17)15(9-13)11-5-2-4-10(14)8-11/h2,4-5,8H,3,6-7,9H2,1H3. The van der Waals surface area contributed by atoms with Gasteiger partial charge in [-0.1, -0.05) is 17.7 Å². The number of urea groups is 1. The van der Waals surface area contributed by atoms with Crippen LogP contribution in [0.2, 0.25) is 5.02 Å². The second-order valence-electron chi connectivity index (χ2n) is 5.10. The minimum atomic E-state index is 0.0133. The van der Waals surface area contributed by atoms with Gasteiger partial charge in [0.2, 0.25) is 0 Å². The lowest BCUT2D eigenvalue weighted by molar-refractivity contribution is 0.197. The molecule has 3 nitrogen and oxygen atoms in total. The molecule has 1 aromatic rings. The fourth-order valence-electron chi connectivity index (χ4n) is 2.91. The monoisotopic (exact) mass is 250 g/mol. The Bertz CT molecular complexity index is 476. The Morgan fingerprint density at radius 1 is 1.41 bits per heavy atom. The van der Waals surface area contributed by atoms with E-state index in [0.717, 1.165) is 31.6 Å². The molecular weight excluding hydrogens is 236 g/mol. The highest BCUT2D eigenvalue weighted by Gasteiger charge is 2.49. The third kappa shape index (κ3) is 1.61. The molecule has 1 aromatic carbocycles. The van der Waals surface area contributed by atoms with Crippen molar-refractivity contribution in [1.82, 2.24) is 4.90 Å². The Morgan fingerprint density at radius 3 is 2.94 bits per heavy atom. The molecule has 0 N–H and O–H groups in total. The number of carbonyl (C=O) groups is 1. The zero-order chi connectivity index (χ0) is 12.0. The van der Waals surface area contributed by atoms with Gasteiger partial charge >= 0.3 is 6.03 Å². The van der Waals surface area contributed by atoms with Crippen LogP contribution in [0.3, 0.4) is 0 Å². The average molecular weight is 251 g/mol. The quantitative estimate of drug-likeness (QED) is 0.751. The third-order valence-electron chi connectivity index (χ3n) is 3.83. The Labute approximate surface area is 106 Å². The summed E-state index contributed by atoms with van der Waals surface area (Å²) in [6.45, 7) is 3.82. The summed E-state index contributed by atoms with van der Waals surface area (Å²) in [7, 11) is 0. The van der Waals surface area contributed by atoms with Gasteiger partial charge in [0.05, 0.1) is 12.1 Å². The van der Waals surface area contributed by atoms with Gasteiger partial charge in [-0.15, -0.1) is 0 Å². The number of hydrogen-bond donors (Lipinski definition) is 0. The number of halogens is 1. The molecule has 0 bridgehead atoms. The fourth-order valence-corrected chi connectivity index (χ4v) is 3.10. The van der Waals surface area contributed by atoms with Gasteiger partial charge in [-0.05, 0) is 38.0 Å². The summed E-state index contributed by atoms with van der Waals surface area (Å²) in [5.41, 5.74) is 0.914. The van der Waals surface area contributed by atoms with Crippen molar-refractivity contribution in [2.45, 2.75) is 25.3 Å². The minimum absolute atomic E-state index is 0.0133. The summed E-state index contributed by atoms with van der Waals surface area (Å²) in [4.78, 5) is 16.1. The molecule has 1 unspecified atom stereocenters. The topological polar surface area (TPSA) is 23.6 Å². The minimum Gasteiger partial charge on any atom is -0.317 e. The number of rotatable bonds is 1. The molecule has 2 heterocycles. The van der Waals surface area contributed by atoms with Crippen molar-refractivity contribution < 1.29 is 4.79 Å². The van der Waals surface area contributed by atoms with Crippen LogP contribution in [0.25, 0.3) is 0 Å². The van der Waals surface area contributed by atoms with E-state index >= 15 is 0 Å². The molecule has 0 aliphatic carbocycles. The molecule has 2 aliphatic heterocycles. The van der Waals surface area contributed by atoms with E-state index in [1.165, 1.54) is 0 Å². The van der Waals surface area contributed by atoms with E-state index in [1.807, 2.05) is 34.1 Å². The van der Waals surface area contributed by atoms with Crippen LogP contribution in [0.5, 0.6) is 0 Å². The molecule has 0 radical (unpaired) electrons. The van der Waals surface area contributed by atoms with Crippen molar-refractivity contribution in [2.75, 3.05) is 18.0 Å². The van der Waals surface area contributed by atoms with E-state index in [9.17, 15) is 4.79 Å². The van der Waals surface area contributed by atoms with Crippen LogP contribution in [-0.2, 0) is 0 Å². The van der Waals surface area contributed by atoms with Gasteiger partial charge in [-0.25, -0.2) is 4.79 Å². The Hall–Kier alpha value is -1.22. The van der Waals surface area contributed by atoms with Crippen molar-refractivity contribution in [3.63, 3.8) is 0 Å². The first-order chi connectivity index (χ1) is 8.10. The van der Waals surface area contributed by atoms with Crippen molar-refractivity contribution in [1.29, 1.82) is 0 Å². The van der Waals surface area contributed by atoms with Crippen LogP contribution in [0.4, 0.5) is 10.5 Å².